The number of halogens is 1. The number of hydrogen-bond acceptors (Lipinski definition) is 3. The van der Waals surface area contributed by atoms with Crippen molar-refractivity contribution in [2.75, 3.05) is 6.61 Å². The van der Waals surface area contributed by atoms with E-state index >= 15 is 0 Å². The second kappa shape index (κ2) is 7.81. The molecule has 108 valence electrons. The molecule has 0 radical (unpaired) electrons. The van der Waals surface area contributed by atoms with Crippen molar-refractivity contribution in [1.82, 2.24) is 0 Å². The standard InChI is InChI=1S/C16H20BrNOS/c1-2-14(18)9-13-3-4-16(15(17)10-13)19-7-5-12-6-8-20-11-12/h3-4,6,8,10-11,14H,2,5,7,9,18H2,1H3. The molecule has 2 N–H and O–H groups in total. The second-order valence-electron chi connectivity index (χ2n) is 4.87. The van der Waals surface area contributed by atoms with Gasteiger partial charge in [-0.2, -0.15) is 11.3 Å². The molecule has 0 aliphatic rings. The third-order valence-corrected chi connectivity index (χ3v) is 4.60. The third-order valence-electron chi connectivity index (χ3n) is 3.25. The summed E-state index contributed by atoms with van der Waals surface area (Å²) in [4.78, 5) is 0. The first kappa shape index (κ1) is 15.5. The molecule has 1 aromatic carbocycles. The monoisotopic (exact) mass is 353 g/mol. The normalized spacial score (nSPS) is 12.3. The fourth-order valence-electron chi connectivity index (χ4n) is 1.95. The summed E-state index contributed by atoms with van der Waals surface area (Å²) in [5.74, 6) is 0.897. The molecule has 0 saturated heterocycles. The van der Waals surface area contributed by atoms with Crippen molar-refractivity contribution < 1.29 is 4.74 Å². The second-order valence-corrected chi connectivity index (χ2v) is 6.50. The fraction of sp³-hybridized carbons (Fsp3) is 0.375. The Balaban J connectivity index is 1.88. The van der Waals surface area contributed by atoms with E-state index in [1.807, 2.05) is 6.07 Å². The topological polar surface area (TPSA) is 35.2 Å². The molecule has 4 heteroatoms. The predicted molar refractivity (Wildman–Crippen MR) is 89.6 cm³/mol. The van der Waals surface area contributed by atoms with Crippen LogP contribution >= 0.6 is 27.3 Å². The van der Waals surface area contributed by atoms with Gasteiger partial charge in [0.25, 0.3) is 0 Å². The molecule has 2 nitrogen and oxygen atoms in total. The minimum atomic E-state index is 0.229. The van der Waals surface area contributed by atoms with E-state index in [2.05, 4.69) is 51.8 Å². The van der Waals surface area contributed by atoms with E-state index in [0.29, 0.717) is 6.61 Å². The van der Waals surface area contributed by atoms with Crippen LogP contribution in [-0.4, -0.2) is 12.6 Å². The van der Waals surface area contributed by atoms with E-state index in [9.17, 15) is 0 Å². The van der Waals surface area contributed by atoms with Crippen LogP contribution in [0.5, 0.6) is 5.75 Å². The Kier molecular flexibility index (Phi) is 6.07. The molecule has 1 heterocycles. The van der Waals surface area contributed by atoms with E-state index in [4.69, 9.17) is 10.5 Å². The van der Waals surface area contributed by atoms with Crippen LogP contribution in [0.3, 0.4) is 0 Å². The zero-order valence-corrected chi connectivity index (χ0v) is 14.0. The van der Waals surface area contributed by atoms with Crippen LogP contribution in [0.15, 0.2) is 39.5 Å². The van der Waals surface area contributed by atoms with Crippen molar-refractivity contribution in [2.45, 2.75) is 32.2 Å². The van der Waals surface area contributed by atoms with Gasteiger partial charge in [0.05, 0.1) is 11.1 Å². The number of thiophene rings is 1. The minimum absolute atomic E-state index is 0.229. The maximum absolute atomic E-state index is 5.98. The van der Waals surface area contributed by atoms with E-state index < -0.39 is 0 Å². The Morgan fingerprint density at radius 2 is 2.15 bits per heavy atom. The van der Waals surface area contributed by atoms with Gasteiger partial charge in [-0.3, -0.25) is 0 Å². The highest BCUT2D eigenvalue weighted by Crippen LogP contribution is 2.26. The Labute approximate surface area is 133 Å². The number of hydrogen-bond donors (Lipinski definition) is 1. The molecular weight excluding hydrogens is 334 g/mol. The quantitative estimate of drug-likeness (QED) is 0.799. The van der Waals surface area contributed by atoms with Crippen LogP contribution in [0.1, 0.15) is 24.5 Å². The Bertz CT molecular complexity index is 527. The van der Waals surface area contributed by atoms with Crippen molar-refractivity contribution in [3.05, 3.63) is 50.6 Å². The molecule has 0 fully saturated rings. The highest BCUT2D eigenvalue weighted by Gasteiger charge is 2.06. The van der Waals surface area contributed by atoms with Gasteiger partial charge in [0.15, 0.2) is 0 Å². The van der Waals surface area contributed by atoms with E-state index in [1.165, 1.54) is 11.1 Å². The van der Waals surface area contributed by atoms with Gasteiger partial charge in [-0.15, -0.1) is 0 Å². The molecule has 0 saturated carbocycles. The van der Waals surface area contributed by atoms with Gasteiger partial charge in [0.2, 0.25) is 0 Å². The molecule has 1 atom stereocenters. The smallest absolute Gasteiger partial charge is 0.133 e. The summed E-state index contributed by atoms with van der Waals surface area (Å²) in [5.41, 5.74) is 8.56. The van der Waals surface area contributed by atoms with Gasteiger partial charge in [0.1, 0.15) is 5.75 Å². The molecule has 20 heavy (non-hydrogen) atoms. The minimum Gasteiger partial charge on any atom is -0.492 e. The number of nitrogens with two attached hydrogens (primary N) is 1. The summed E-state index contributed by atoms with van der Waals surface area (Å²) >= 11 is 5.30. The van der Waals surface area contributed by atoms with Crippen molar-refractivity contribution in [1.29, 1.82) is 0 Å². The van der Waals surface area contributed by atoms with Crippen LogP contribution < -0.4 is 10.5 Å². The lowest BCUT2D eigenvalue weighted by Crippen LogP contribution is -2.21. The molecule has 1 aromatic heterocycles. The zero-order valence-electron chi connectivity index (χ0n) is 11.6. The van der Waals surface area contributed by atoms with Gasteiger partial charge in [-0.05, 0) is 68.9 Å². The first-order chi connectivity index (χ1) is 9.69. The highest BCUT2D eigenvalue weighted by molar-refractivity contribution is 9.10. The molecule has 0 spiro atoms. The summed E-state index contributed by atoms with van der Waals surface area (Å²) in [5, 5.41) is 4.25. The molecule has 0 aliphatic carbocycles. The van der Waals surface area contributed by atoms with Gasteiger partial charge in [-0.25, -0.2) is 0 Å². The van der Waals surface area contributed by atoms with Crippen molar-refractivity contribution in [3.63, 3.8) is 0 Å². The first-order valence-corrected chi connectivity index (χ1v) is 8.60. The summed E-state index contributed by atoms with van der Waals surface area (Å²) in [6.07, 6.45) is 2.85. The molecular formula is C16H20BrNOS. The molecule has 0 aliphatic heterocycles. The van der Waals surface area contributed by atoms with Gasteiger partial charge < -0.3 is 10.5 Å². The van der Waals surface area contributed by atoms with Gasteiger partial charge >= 0.3 is 0 Å². The average Bonchev–Trinajstić information content (AvgIpc) is 2.94. The van der Waals surface area contributed by atoms with E-state index in [-0.39, 0.29) is 6.04 Å². The number of ether oxygens (including phenoxy) is 1. The van der Waals surface area contributed by atoms with Crippen molar-refractivity contribution >= 4 is 27.3 Å². The maximum Gasteiger partial charge on any atom is 0.133 e. The predicted octanol–water partition coefficient (Wildman–Crippen LogP) is 4.41. The summed E-state index contributed by atoms with van der Waals surface area (Å²) in [6.45, 7) is 2.81. The molecule has 0 amide bonds. The number of rotatable bonds is 7. The lowest BCUT2D eigenvalue weighted by molar-refractivity contribution is 0.320. The maximum atomic E-state index is 5.98. The Morgan fingerprint density at radius 3 is 2.80 bits per heavy atom. The first-order valence-electron chi connectivity index (χ1n) is 6.87. The molecule has 1 unspecified atom stereocenters. The lowest BCUT2D eigenvalue weighted by Gasteiger charge is -2.12. The van der Waals surface area contributed by atoms with Crippen LogP contribution in [0.25, 0.3) is 0 Å². The number of benzene rings is 1. The molecule has 0 bridgehead atoms. The summed E-state index contributed by atoms with van der Waals surface area (Å²) in [7, 11) is 0. The van der Waals surface area contributed by atoms with Crippen LogP contribution in [0.2, 0.25) is 0 Å². The SMILES string of the molecule is CCC(N)Cc1ccc(OCCc2ccsc2)c(Br)c1. The molecule has 2 aromatic rings. The summed E-state index contributed by atoms with van der Waals surface area (Å²) < 4.78 is 6.83. The Hall–Kier alpha value is -0.840. The lowest BCUT2D eigenvalue weighted by atomic mass is 10.0. The highest BCUT2D eigenvalue weighted by atomic mass is 79.9. The van der Waals surface area contributed by atoms with Crippen LogP contribution in [0.4, 0.5) is 0 Å². The average molecular weight is 354 g/mol. The Morgan fingerprint density at radius 1 is 1.30 bits per heavy atom. The zero-order chi connectivity index (χ0) is 14.4. The summed E-state index contributed by atoms with van der Waals surface area (Å²) in [6, 6.07) is 8.59. The third kappa shape index (κ3) is 4.62. The van der Waals surface area contributed by atoms with Crippen molar-refractivity contribution in [2.24, 2.45) is 5.73 Å². The van der Waals surface area contributed by atoms with Gasteiger partial charge in [-0.1, -0.05) is 13.0 Å². The largest absolute Gasteiger partial charge is 0.492 e. The van der Waals surface area contributed by atoms with Crippen LogP contribution in [0, 0.1) is 0 Å². The molecule has 2 rings (SSSR count). The van der Waals surface area contributed by atoms with Gasteiger partial charge in [0, 0.05) is 12.5 Å². The van der Waals surface area contributed by atoms with Crippen LogP contribution in [-0.2, 0) is 12.8 Å². The van der Waals surface area contributed by atoms with E-state index in [0.717, 1.165) is 29.5 Å². The van der Waals surface area contributed by atoms with E-state index in [1.54, 1.807) is 11.3 Å². The van der Waals surface area contributed by atoms with Crippen molar-refractivity contribution in [3.8, 4) is 5.75 Å². The fourth-order valence-corrected chi connectivity index (χ4v) is 3.19.